The van der Waals surface area contributed by atoms with E-state index in [1.165, 1.54) is 0 Å². The van der Waals surface area contributed by atoms with E-state index in [0.29, 0.717) is 24.3 Å². The standard InChI is InChI=1S/C22H32N2O4/c1-5-7-8-14-27-17-12-10-16(11-13-17)20-19(21(25)28-15(3)4)18(9-6-2)23-22(26)24-20/h10-13,15,20H,5-9,14H2,1-4H3,(H2,23,24,26). The molecule has 0 radical (unpaired) electrons. The highest BCUT2D eigenvalue weighted by atomic mass is 16.5. The van der Waals surface area contributed by atoms with Crippen molar-refractivity contribution in [1.29, 1.82) is 0 Å². The van der Waals surface area contributed by atoms with E-state index in [2.05, 4.69) is 17.6 Å². The molecular formula is C22H32N2O4. The maximum absolute atomic E-state index is 12.8. The van der Waals surface area contributed by atoms with Gasteiger partial charge >= 0.3 is 12.0 Å². The van der Waals surface area contributed by atoms with Crippen LogP contribution in [0.1, 0.15) is 71.4 Å². The number of ether oxygens (including phenoxy) is 2. The van der Waals surface area contributed by atoms with Gasteiger partial charge in [0.2, 0.25) is 0 Å². The van der Waals surface area contributed by atoms with Gasteiger partial charge < -0.3 is 20.1 Å². The van der Waals surface area contributed by atoms with Crippen molar-refractivity contribution in [3.63, 3.8) is 0 Å². The van der Waals surface area contributed by atoms with Crippen molar-refractivity contribution in [2.45, 2.75) is 71.9 Å². The molecule has 2 rings (SSSR count). The van der Waals surface area contributed by atoms with Gasteiger partial charge in [0.1, 0.15) is 5.75 Å². The van der Waals surface area contributed by atoms with E-state index in [-0.39, 0.29) is 12.1 Å². The molecule has 1 aromatic rings. The molecule has 1 aliphatic heterocycles. The second kappa shape index (κ2) is 10.7. The molecule has 0 aromatic heterocycles. The van der Waals surface area contributed by atoms with E-state index in [0.717, 1.165) is 37.0 Å². The van der Waals surface area contributed by atoms with Gasteiger partial charge in [0.15, 0.2) is 0 Å². The summed E-state index contributed by atoms with van der Waals surface area (Å²) < 4.78 is 11.2. The second-order valence-corrected chi connectivity index (χ2v) is 7.25. The molecule has 1 aromatic carbocycles. The fraction of sp³-hybridized carbons (Fsp3) is 0.545. The fourth-order valence-corrected chi connectivity index (χ4v) is 3.13. The molecule has 6 heteroatoms. The SMILES string of the molecule is CCCCCOc1ccc(C2NC(=O)NC(CCC)=C2C(=O)OC(C)C)cc1. The van der Waals surface area contributed by atoms with Crippen molar-refractivity contribution in [2.75, 3.05) is 6.61 Å². The van der Waals surface area contributed by atoms with Crippen LogP contribution in [0.3, 0.4) is 0 Å². The Morgan fingerprint density at radius 3 is 2.43 bits per heavy atom. The van der Waals surface area contributed by atoms with Crippen molar-refractivity contribution in [3.8, 4) is 5.75 Å². The average molecular weight is 389 g/mol. The van der Waals surface area contributed by atoms with Crippen LogP contribution in [0.2, 0.25) is 0 Å². The summed E-state index contributed by atoms with van der Waals surface area (Å²) in [6.07, 6.45) is 4.50. The summed E-state index contributed by atoms with van der Waals surface area (Å²) in [6, 6.07) is 6.67. The molecule has 28 heavy (non-hydrogen) atoms. The number of amides is 2. The minimum atomic E-state index is -0.546. The predicted octanol–water partition coefficient (Wildman–Crippen LogP) is 4.62. The average Bonchev–Trinajstić information content (AvgIpc) is 2.65. The molecule has 0 bridgehead atoms. The van der Waals surface area contributed by atoms with E-state index >= 15 is 0 Å². The van der Waals surface area contributed by atoms with Crippen LogP contribution in [0.4, 0.5) is 4.79 Å². The van der Waals surface area contributed by atoms with Gasteiger partial charge in [-0.15, -0.1) is 0 Å². The molecule has 6 nitrogen and oxygen atoms in total. The zero-order valence-corrected chi connectivity index (χ0v) is 17.3. The quantitative estimate of drug-likeness (QED) is 0.453. The summed E-state index contributed by atoms with van der Waals surface area (Å²) in [5.74, 6) is 0.375. The van der Waals surface area contributed by atoms with Crippen LogP contribution >= 0.6 is 0 Å². The van der Waals surface area contributed by atoms with E-state index in [1.807, 2.05) is 45.0 Å². The summed E-state index contributed by atoms with van der Waals surface area (Å²) in [7, 11) is 0. The van der Waals surface area contributed by atoms with Crippen LogP contribution in [0.15, 0.2) is 35.5 Å². The topological polar surface area (TPSA) is 76.7 Å². The van der Waals surface area contributed by atoms with Crippen molar-refractivity contribution in [2.24, 2.45) is 0 Å². The Morgan fingerprint density at radius 2 is 1.82 bits per heavy atom. The molecule has 0 spiro atoms. The van der Waals surface area contributed by atoms with Gasteiger partial charge in [-0.25, -0.2) is 9.59 Å². The zero-order chi connectivity index (χ0) is 20.5. The van der Waals surface area contributed by atoms with Crippen LogP contribution < -0.4 is 15.4 Å². The van der Waals surface area contributed by atoms with E-state index in [4.69, 9.17) is 9.47 Å². The number of benzene rings is 1. The summed E-state index contributed by atoms with van der Waals surface area (Å²) in [5, 5.41) is 5.63. The van der Waals surface area contributed by atoms with E-state index < -0.39 is 12.0 Å². The van der Waals surface area contributed by atoms with Crippen LogP contribution in [0, 0.1) is 0 Å². The van der Waals surface area contributed by atoms with Crippen LogP contribution in [-0.2, 0) is 9.53 Å². The molecule has 0 aliphatic carbocycles. The zero-order valence-electron chi connectivity index (χ0n) is 17.3. The number of carbonyl (C=O) groups is 2. The van der Waals surface area contributed by atoms with Crippen molar-refractivity contribution >= 4 is 12.0 Å². The normalized spacial score (nSPS) is 16.6. The minimum Gasteiger partial charge on any atom is -0.494 e. The van der Waals surface area contributed by atoms with Gasteiger partial charge in [0.05, 0.1) is 24.3 Å². The van der Waals surface area contributed by atoms with Gasteiger partial charge in [-0.2, -0.15) is 0 Å². The lowest BCUT2D eigenvalue weighted by Gasteiger charge is -2.30. The maximum atomic E-state index is 12.8. The lowest BCUT2D eigenvalue weighted by atomic mass is 9.93. The first-order chi connectivity index (χ1) is 13.5. The fourth-order valence-electron chi connectivity index (χ4n) is 3.13. The Hall–Kier alpha value is -2.50. The molecule has 1 aliphatic rings. The molecule has 2 amide bonds. The van der Waals surface area contributed by atoms with Crippen LogP contribution in [-0.4, -0.2) is 24.7 Å². The maximum Gasteiger partial charge on any atom is 0.338 e. The number of hydrogen-bond donors (Lipinski definition) is 2. The molecule has 0 saturated carbocycles. The first-order valence-corrected chi connectivity index (χ1v) is 10.2. The van der Waals surface area contributed by atoms with Gasteiger partial charge in [-0.05, 0) is 44.4 Å². The van der Waals surface area contributed by atoms with Crippen molar-refractivity contribution < 1.29 is 19.1 Å². The lowest BCUT2D eigenvalue weighted by Crippen LogP contribution is -2.46. The highest BCUT2D eigenvalue weighted by Gasteiger charge is 2.33. The van der Waals surface area contributed by atoms with Crippen LogP contribution in [0.25, 0.3) is 0 Å². The number of allylic oxidation sites excluding steroid dienone is 1. The largest absolute Gasteiger partial charge is 0.494 e. The minimum absolute atomic E-state index is 0.236. The first-order valence-electron chi connectivity index (χ1n) is 10.2. The van der Waals surface area contributed by atoms with Crippen molar-refractivity contribution in [3.05, 3.63) is 41.1 Å². The monoisotopic (exact) mass is 388 g/mol. The Bertz CT molecular complexity index is 695. The number of unbranched alkanes of at least 4 members (excludes halogenated alkanes) is 2. The lowest BCUT2D eigenvalue weighted by molar-refractivity contribution is -0.143. The van der Waals surface area contributed by atoms with Gasteiger partial charge in [-0.3, -0.25) is 0 Å². The summed E-state index contributed by atoms with van der Waals surface area (Å²) in [6.45, 7) is 8.47. The van der Waals surface area contributed by atoms with Crippen molar-refractivity contribution in [1.82, 2.24) is 10.6 Å². The Morgan fingerprint density at radius 1 is 1.11 bits per heavy atom. The number of urea groups is 1. The highest BCUT2D eigenvalue weighted by Crippen LogP contribution is 2.30. The van der Waals surface area contributed by atoms with Crippen LogP contribution in [0.5, 0.6) is 5.75 Å². The first kappa shape index (κ1) is 21.8. The third-order valence-corrected chi connectivity index (χ3v) is 4.45. The molecule has 0 fully saturated rings. The second-order valence-electron chi connectivity index (χ2n) is 7.25. The molecule has 2 N–H and O–H groups in total. The Kier molecular flexibility index (Phi) is 8.36. The summed E-state index contributed by atoms with van der Waals surface area (Å²) in [5.41, 5.74) is 1.91. The number of hydrogen-bond acceptors (Lipinski definition) is 4. The summed E-state index contributed by atoms with van der Waals surface area (Å²) in [4.78, 5) is 24.9. The van der Waals surface area contributed by atoms with Gasteiger partial charge in [-0.1, -0.05) is 45.2 Å². The number of rotatable bonds is 10. The number of carbonyl (C=O) groups excluding carboxylic acids is 2. The Balaban J connectivity index is 2.25. The number of esters is 1. The highest BCUT2D eigenvalue weighted by molar-refractivity contribution is 5.95. The molecule has 1 unspecified atom stereocenters. The van der Waals surface area contributed by atoms with Gasteiger partial charge in [0, 0.05) is 5.70 Å². The van der Waals surface area contributed by atoms with Gasteiger partial charge in [0.25, 0.3) is 0 Å². The molecule has 154 valence electrons. The van der Waals surface area contributed by atoms with E-state index in [9.17, 15) is 9.59 Å². The predicted molar refractivity (Wildman–Crippen MR) is 109 cm³/mol. The van der Waals surface area contributed by atoms with E-state index in [1.54, 1.807) is 0 Å². The summed E-state index contributed by atoms with van der Waals surface area (Å²) >= 11 is 0. The molecular weight excluding hydrogens is 356 g/mol. The molecule has 1 atom stereocenters. The smallest absolute Gasteiger partial charge is 0.338 e. The Labute approximate surface area is 167 Å². The third-order valence-electron chi connectivity index (χ3n) is 4.45. The number of nitrogens with one attached hydrogen (secondary N) is 2. The molecule has 1 heterocycles. The molecule has 0 saturated heterocycles. The third kappa shape index (κ3) is 6.01.